The molecule has 0 saturated carbocycles. The molecular weight excluding hydrogens is 719 g/mol. The van der Waals surface area contributed by atoms with Gasteiger partial charge in [-0.05, 0) is 12.8 Å². The van der Waals surface area contributed by atoms with Crippen molar-refractivity contribution in [2.24, 2.45) is 0 Å². The molecule has 0 fully saturated rings. The molecule has 0 saturated heterocycles. The van der Waals surface area contributed by atoms with Crippen LogP contribution in [0.3, 0.4) is 0 Å². The SMILES string of the molecule is CCCCCCCCCCCCCCCCCCCCCCCCCCCC(=O)N[C@@H](COP(=O)(O)OCC[N+](C)(C)C)[C@H](O)CCCCCCCCCCC. The maximum Gasteiger partial charge on any atom is 0.472 e. The highest BCUT2D eigenvalue weighted by Gasteiger charge is 2.28. The number of hydrogen-bond acceptors (Lipinski definition) is 5. The Labute approximate surface area is 349 Å². The van der Waals surface area contributed by atoms with Crippen LogP contribution in [0.2, 0.25) is 0 Å². The number of rotatable bonds is 45. The maximum atomic E-state index is 12.9. The summed E-state index contributed by atoms with van der Waals surface area (Å²) in [7, 11) is 1.63. The molecule has 0 aliphatic rings. The van der Waals surface area contributed by atoms with Crippen LogP contribution in [-0.4, -0.2) is 73.4 Å². The normalized spacial score (nSPS) is 14.2. The second kappa shape index (κ2) is 39.9. The number of likely N-dealkylation sites (N-methyl/N-ethyl adjacent to an activating group) is 1. The lowest BCUT2D eigenvalue weighted by atomic mass is 10.0. The minimum atomic E-state index is -4.30. The molecular formula is C47H98N2O6P+. The van der Waals surface area contributed by atoms with E-state index in [1.807, 2.05) is 21.1 Å². The molecule has 336 valence electrons. The standard InChI is InChI=1S/C47H97N2O6P/c1-6-8-10-12-14-16-17-18-19-20-21-22-23-24-25-26-27-28-29-30-31-33-35-37-39-41-47(51)48-45(44-55-56(52,53)54-43-42-49(3,4)5)46(50)40-38-36-34-32-15-13-11-9-7-2/h45-46,50H,6-44H2,1-5H3,(H-,48,51,52,53)/p+1/t45-,46+/m0/s1. The van der Waals surface area contributed by atoms with E-state index < -0.39 is 20.0 Å². The molecule has 3 N–H and O–H groups in total. The van der Waals surface area contributed by atoms with Crippen molar-refractivity contribution < 1.29 is 32.9 Å². The molecule has 0 aromatic carbocycles. The molecule has 0 aromatic rings. The Morgan fingerprint density at radius 3 is 1.20 bits per heavy atom. The van der Waals surface area contributed by atoms with Gasteiger partial charge in [-0.1, -0.05) is 226 Å². The predicted molar refractivity (Wildman–Crippen MR) is 240 cm³/mol. The Kier molecular flexibility index (Phi) is 39.6. The summed E-state index contributed by atoms with van der Waals surface area (Å²) in [5.74, 6) is -0.141. The summed E-state index contributed by atoms with van der Waals surface area (Å²) in [6.45, 7) is 4.89. The van der Waals surface area contributed by atoms with Crippen LogP contribution in [0.25, 0.3) is 0 Å². The summed E-state index contributed by atoms with van der Waals surface area (Å²) < 4.78 is 23.6. The molecule has 0 radical (unpaired) electrons. The number of nitrogens with one attached hydrogen (secondary N) is 1. The number of aliphatic hydroxyl groups excluding tert-OH is 1. The molecule has 0 bridgehead atoms. The molecule has 0 heterocycles. The van der Waals surface area contributed by atoms with E-state index in [0.29, 0.717) is 23.9 Å². The van der Waals surface area contributed by atoms with E-state index in [0.717, 1.165) is 38.5 Å². The van der Waals surface area contributed by atoms with Gasteiger partial charge in [-0.3, -0.25) is 13.8 Å². The number of aliphatic hydroxyl groups is 1. The summed E-state index contributed by atoms with van der Waals surface area (Å²) in [5, 5.41) is 13.9. The number of amides is 1. The second-order valence-electron chi connectivity index (χ2n) is 18.2. The summed E-state index contributed by atoms with van der Waals surface area (Å²) >= 11 is 0. The summed E-state index contributed by atoms with van der Waals surface area (Å²) in [6, 6.07) is -0.752. The molecule has 0 spiro atoms. The second-order valence-corrected chi connectivity index (χ2v) is 19.7. The molecule has 0 aliphatic heterocycles. The highest BCUT2D eigenvalue weighted by atomic mass is 31.2. The third-order valence-corrected chi connectivity index (χ3v) is 12.3. The minimum absolute atomic E-state index is 0.0783. The van der Waals surface area contributed by atoms with Crippen LogP contribution in [0, 0.1) is 0 Å². The summed E-state index contributed by atoms with van der Waals surface area (Å²) in [6.07, 6.45) is 44.4. The molecule has 1 unspecified atom stereocenters. The van der Waals surface area contributed by atoms with E-state index >= 15 is 0 Å². The van der Waals surface area contributed by atoms with Crippen LogP contribution in [0.5, 0.6) is 0 Å². The first kappa shape index (κ1) is 55.5. The fourth-order valence-electron chi connectivity index (χ4n) is 7.46. The van der Waals surface area contributed by atoms with Crippen molar-refractivity contribution in [1.29, 1.82) is 0 Å². The van der Waals surface area contributed by atoms with Gasteiger partial charge in [0.1, 0.15) is 13.2 Å². The number of phosphoric acid groups is 1. The summed E-state index contributed by atoms with van der Waals surface area (Å²) in [5.41, 5.74) is 0. The lowest BCUT2D eigenvalue weighted by Gasteiger charge is -2.26. The van der Waals surface area contributed by atoms with Crippen molar-refractivity contribution in [1.82, 2.24) is 5.32 Å². The van der Waals surface area contributed by atoms with E-state index in [9.17, 15) is 19.4 Å². The first-order chi connectivity index (χ1) is 27.0. The third-order valence-electron chi connectivity index (χ3n) is 11.4. The predicted octanol–water partition coefficient (Wildman–Crippen LogP) is 13.8. The van der Waals surface area contributed by atoms with Crippen molar-refractivity contribution in [3.63, 3.8) is 0 Å². The molecule has 0 aliphatic carbocycles. The van der Waals surface area contributed by atoms with E-state index in [4.69, 9.17) is 9.05 Å². The number of unbranched alkanes of at least 4 members (excludes halogenated alkanes) is 32. The number of nitrogens with zero attached hydrogens (tertiary/aromatic N) is 1. The average Bonchev–Trinajstić information content (AvgIpc) is 3.15. The van der Waals surface area contributed by atoms with Crippen molar-refractivity contribution in [3.05, 3.63) is 0 Å². The van der Waals surface area contributed by atoms with E-state index in [2.05, 4.69) is 19.2 Å². The first-order valence-corrected chi connectivity index (χ1v) is 25.9. The van der Waals surface area contributed by atoms with Gasteiger partial charge in [0.25, 0.3) is 0 Å². The highest BCUT2D eigenvalue weighted by Crippen LogP contribution is 2.43. The average molecular weight is 818 g/mol. The zero-order chi connectivity index (χ0) is 41.4. The van der Waals surface area contributed by atoms with Gasteiger partial charge in [0.2, 0.25) is 5.91 Å². The number of phosphoric ester groups is 1. The smallest absolute Gasteiger partial charge is 0.391 e. The van der Waals surface area contributed by atoms with Gasteiger partial charge < -0.3 is 19.8 Å². The van der Waals surface area contributed by atoms with Crippen LogP contribution in [0.4, 0.5) is 0 Å². The van der Waals surface area contributed by atoms with Gasteiger partial charge in [-0.25, -0.2) is 4.57 Å². The van der Waals surface area contributed by atoms with Gasteiger partial charge in [0.15, 0.2) is 0 Å². The van der Waals surface area contributed by atoms with Crippen LogP contribution in [0.1, 0.15) is 245 Å². The van der Waals surface area contributed by atoms with Gasteiger partial charge in [0, 0.05) is 6.42 Å². The van der Waals surface area contributed by atoms with Crippen molar-refractivity contribution in [3.8, 4) is 0 Å². The van der Waals surface area contributed by atoms with Gasteiger partial charge in [-0.2, -0.15) is 0 Å². The molecule has 56 heavy (non-hydrogen) atoms. The number of quaternary nitrogens is 1. The van der Waals surface area contributed by atoms with Crippen molar-refractivity contribution >= 4 is 13.7 Å². The van der Waals surface area contributed by atoms with Crippen LogP contribution < -0.4 is 5.32 Å². The molecule has 3 atom stereocenters. The van der Waals surface area contributed by atoms with Crippen molar-refractivity contribution in [2.45, 2.75) is 257 Å². The van der Waals surface area contributed by atoms with Crippen LogP contribution in [0.15, 0.2) is 0 Å². The van der Waals surface area contributed by atoms with E-state index in [-0.39, 0.29) is 19.1 Å². The topological polar surface area (TPSA) is 105 Å². The van der Waals surface area contributed by atoms with Crippen LogP contribution in [-0.2, 0) is 18.4 Å². The quantitative estimate of drug-likeness (QED) is 0.0321. The van der Waals surface area contributed by atoms with E-state index in [1.165, 1.54) is 180 Å². The monoisotopic (exact) mass is 818 g/mol. The largest absolute Gasteiger partial charge is 0.472 e. The zero-order valence-corrected chi connectivity index (χ0v) is 39.0. The van der Waals surface area contributed by atoms with Gasteiger partial charge in [0.05, 0.1) is 39.9 Å². The molecule has 0 aromatic heterocycles. The fourth-order valence-corrected chi connectivity index (χ4v) is 8.20. The Bertz CT molecular complexity index is 885. The highest BCUT2D eigenvalue weighted by molar-refractivity contribution is 7.47. The Morgan fingerprint density at radius 1 is 0.536 bits per heavy atom. The molecule has 9 heteroatoms. The molecule has 1 amide bonds. The Hall–Kier alpha value is -0.500. The minimum Gasteiger partial charge on any atom is -0.391 e. The number of carbonyl (C=O) groups excluding carboxylic acids is 1. The zero-order valence-electron chi connectivity index (χ0n) is 38.2. The van der Waals surface area contributed by atoms with Crippen molar-refractivity contribution in [2.75, 3.05) is 40.9 Å². The van der Waals surface area contributed by atoms with Gasteiger partial charge in [-0.15, -0.1) is 0 Å². The lowest BCUT2D eigenvalue weighted by molar-refractivity contribution is -0.870. The molecule has 8 nitrogen and oxygen atoms in total. The number of hydrogen-bond donors (Lipinski definition) is 3. The Balaban J connectivity index is 4.03. The number of carbonyl (C=O) groups is 1. The van der Waals surface area contributed by atoms with Gasteiger partial charge >= 0.3 is 7.82 Å². The third kappa shape index (κ3) is 41.7. The van der Waals surface area contributed by atoms with Crippen LogP contribution >= 0.6 is 7.82 Å². The maximum absolute atomic E-state index is 12.9. The lowest BCUT2D eigenvalue weighted by Crippen LogP contribution is -2.46. The molecule has 0 rings (SSSR count). The van der Waals surface area contributed by atoms with E-state index in [1.54, 1.807) is 0 Å². The fraction of sp³-hybridized carbons (Fsp3) is 0.979. The Morgan fingerprint density at radius 2 is 0.857 bits per heavy atom. The summed E-state index contributed by atoms with van der Waals surface area (Å²) in [4.78, 5) is 23.1. The first-order valence-electron chi connectivity index (χ1n) is 24.4.